The molecule has 0 aromatic rings. The van der Waals surface area contributed by atoms with Crippen LogP contribution in [-0.4, -0.2) is 37.9 Å². The SMILES string of the molecule is CC(C)CCN(CCC(C)C)S(=O)(=O)NC(C)(C)CN.Cl. The zero-order valence-electron chi connectivity index (χ0n) is 14.3. The second-order valence-electron chi connectivity index (χ2n) is 6.96. The fourth-order valence-electron chi connectivity index (χ4n) is 1.61. The summed E-state index contributed by atoms with van der Waals surface area (Å²) in [5.74, 6) is 0.962. The number of halogens is 1. The third-order valence-electron chi connectivity index (χ3n) is 3.17. The minimum absolute atomic E-state index is 0. The summed E-state index contributed by atoms with van der Waals surface area (Å²) in [4.78, 5) is 0. The summed E-state index contributed by atoms with van der Waals surface area (Å²) in [6, 6.07) is 0. The summed E-state index contributed by atoms with van der Waals surface area (Å²) in [6.07, 6.45) is 1.73. The predicted molar refractivity (Wildman–Crippen MR) is 92.9 cm³/mol. The number of rotatable bonds is 10. The Morgan fingerprint density at radius 2 is 1.43 bits per heavy atom. The van der Waals surface area contributed by atoms with E-state index >= 15 is 0 Å². The molecular formula is C14H34ClN3O2S. The van der Waals surface area contributed by atoms with Crippen LogP contribution >= 0.6 is 12.4 Å². The Labute approximate surface area is 137 Å². The largest absolute Gasteiger partial charge is 0.329 e. The van der Waals surface area contributed by atoms with Crippen molar-refractivity contribution in [2.45, 2.75) is 59.9 Å². The molecule has 0 aliphatic heterocycles. The van der Waals surface area contributed by atoms with Gasteiger partial charge in [-0.1, -0.05) is 27.7 Å². The van der Waals surface area contributed by atoms with Gasteiger partial charge in [-0.15, -0.1) is 12.4 Å². The molecule has 0 saturated heterocycles. The van der Waals surface area contributed by atoms with Crippen LogP contribution in [0.1, 0.15) is 54.4 Å². The highest BCUT2D eigenvalue weighted by atomic mass is 35.5. The number of hydrogen-bond acceptors (Lipinski definition) is 3. The first-order valence-corrected chi connectivity index (χ1v) is 8.93. The Balaban J connectivity index is 0. The molecule has 130 valence electrons. The molecular weight excluding hydrogens is 310 g/mol. The molecule has 0 unspecified atom stereocenters. The van der Waals surface area contributed by atoms with Gasteiger partial charge in [-0.25, -0.2) is 0 Å². The van der Waals surface area contributed by atoms with Gasteiger partial charge in [0.15, 0.2) is 0 Å². The average molecular weight is 344 g/mol. The maximum atomic E-state index is 12.5. The van der Waals surface area contributed by atoms with Crippen molar-refractivity contribution in [3.63, 3.8) is 0 Å². The minimum atomic E-state index is -3.48. The number of nitrogens with two attached hydrogens (primary N) is 1. The van der Waals surface area contributed by atoms with Crippen LogP contribution in [0.15, 0.2) is 0 Å². The molecule has 0 aromatic heterocycles. The Hall–Kier alpha value is 0.120. The molecule has 7 heteroatoms. The lowest BCUT2D eigenvalue weighted by molar-refractivity contribution is 0.340. The topological polar surface area (TPSA) is 75.4 Å². The first-order valence-electron chi connectivity index (χ1n) is 7.49. The highest BCUT2D eigenvalue weighted by Gasteiger charge is 2.28. The number of nitrogens with one attached hydrogen (secondary N) is 1. The Bertz CT molecular complexity index is 358. The van der Waals surface area contributed by atoms with Gasteiger partial charge in [-0.3, -0.25) is 0 Å². The van der Waals surface area contributed by atoms with Gasteiger partial charge < -0.3 is 5.73 Å². The van der Waals surface area contributed by atoms with E-state index in [1.165, 1.54) is 0 Å². The van der Waals surface area contributed by atoms with Crippen molar-refractivity contribution in [3.05, 3.63) is 0 Å². The highest BCUT2D eigenvalue weighted by Crippen LogP contribution is 2.12. The maximum absolute atomic E-state index is 12.5. The van der Waals surface area contributed by atoms with E-state index in [9.17, 15) is 8.42 Å². The minimum Gasteiger partial charge on any atom is -0.329 e. The lowest BCUT2D eigenvalue weighted by atomic mass is 10.1. The van der Waals surface area contributed by atoms with Gasteiger partial charge in [0.1, 0.15) is 0 Å². The summed E-state index contributed by atoms with van der Waals surface area (Å²) in [5.41, 5.74) is 4.99. The van der Waals surface area contributed by atoms with E-state index in [2.05, 4.69) is 32.4 Å². The van der Waals surface area contributed by atoms with Crippen LogP contribution in [0.5, 0.6) is 0 Å². The first-order chi connectivity index (χ1) is 9.00. The third kappa shape index (κ3) is 10.5. The molecule has 0 rings (SSSR count). The van der Waals surface area contributed by atoms with Gasteiger partial charge in [0.2, 0.25) is 0 Å². The van der Waals surface area contributed by atoms with Crippen LogP contribution in [-0.2, 0) is 10.2 Å². The van der Waals surface area contributed by atoms with E-state index in [1.807, 2.05) is 0 Å². The average Bonchev–Trinajstić information content (AvgIpc) is 2.26. The molecule has 3 N–H and O–H groups in total. The van der Waals surface area contributed by atoms with Crippen LogP contribution in [0.4, 0.5) is 0 Å². The van der Waals surface area contributed by atoms with Gasteiger partial charge in [-0.2, -0.15) is 17.4 Å². The van der Waals surface area contributed by atoms with Crippen LogP contribution < -0.4 is 10.5 Å². The van der Waals surface area contributed by atoms with Crippen molar-refractivity contribution in [1.82, 2.24) is 9.03 Å². The molecule has 0 radical (unpaired) electrons. The lowest BCUT2D eigenvalue weighted by Crippen LogP contribution is -2.54. The molecule has 0 atom stereocenters. The normalized spacial score (nSPS) is 13.0. The fourth-order valence-corrected chi connectivity index (χ4v) is 3.21. The molecule has 21 heavy (non-hydrogen) atoms. The van der Waals surface area contributed by atoms with E-state index in [1.54, 1.807) is 18.2 Å². The van der Waals surface area contributed by atoms with Crippen molar-refractivity contribution in [3.8, 4) is 0 Å². The van der Waals surface area contributed by atoms with E-state index in [0.29, 0.717) is 24.9 Å². The zero-order chi connectivity index (χ0) is 16.0. The molecule has 0 aliphatic rings. The highest BCUT2D eigenvalue weighted by molar-refractivity contribution is 7.87. The molecule has 0 aromatic carbocycles. The molecule has 0 bridgehead atoms. The summed E-state index contributed by atoms with van der Waals surface area (Å²) in [6.45, 7) is 13.4. The Morgan fingerprint density at radius 3 is 1.71 bits per heavy atom. The molecule has 0 aliphatic carbocycles. The molecule has 0 amide bonds. The molecule has 0 saturated carbocycles. The summed E-state index contributed by atoms with van der Waals surface area (Å²) in [5, 5.41) is 0. The van der Waals surface area contributed by atoms with Crippen molar-refractivity contribution in [2.75, 3.05) is 19.6 Å². The second-order valence-corrected chi connectivity index (χ2v) is 8.63. The van der Waals surface area contributed by atoms with E-state index < -0.39 is 15.7 Å². The first kappa shape index (κ1) is 23.4. The fraction of sp³-hybridized carbons (Fsp3) is 1.00. The number of hydrogen-bond donors (Lipinski definition) is 2. The molecule has 5 nitrogen and oxygen atoms in total. The van der Waals surface area contributed by atoms with Crippen LogP contribution in [0, 0.1) is 11.8 Å². The quantitative estimate of drug-likeness (QED) is 0.639. The summed E-state index contributed by atoms with van der Waals surface area (Å²) < 4.78 is 29.2. The smallest absolute Gasteiger partial charge is 0.279 e. The predicted octanol–water partition coefficient (Wildman–Crippen LogP) is 2.37. The number of nitrogens with zero attached hydrogens (tertiary/aromatic N) is 1. The second kappa shape index (κ2) is 10.0. The lowest BCUT2D eigenvalue weighted by Gasteiger charge is -2.30. The van der Waals surface area contributed by atoms with Crippen LogP contribution in [0.2, 0.25) is 0 Å². The van der Waals surface area contributed by atoms with E-state index in [-0.39, 0.29) is 19.0 Å². The summed E-state index contributed by atoms with van der Waals surface area (Å²) >= 11 is 0. The molecule has 0 fully saturated rings. The molecule has 0 spiro atoms. The van der Waals surface area contributed by atoms with Crippen molar-refractivity contribution >= 4 is 22.6 Å². The van der Waals surface area contributed by atoms with E-state index in [4.69, 9.17) is 5.73 Å². The maximum Gasteiger partial charge on any atom is 0.279 e. The standard InChI is InChI=1S/C14H33N3O2S.ClH/c1-12(2)7-9-17(10-8-13(3)4)20(18,19)16-14(5,6)11-15;/h12-13,16H,7-11,15H2,1-6H3;1H. The van der Waals surface area contributed by atoms with Gasteiger partial charge in [-0.05, 0) is 38.5 Å². The monoisotopic (exact) mass is 343 g/mol. The van der Waals surface area contributed by atoms with Gasteiger partial charge >= 0.3 is 0 Å². The summed E-state index contributed by atoms with van der Waals surface area (Å²) in [7, 11) is -3.48. The van der Waals surface area contributed by atoms with Crippen LogP contribution in [0.25, 0.3) is 0 Å². The van der Waals surface area contributed by atoms with Crippen LogP contribution in [0.3, 0.4) is 0 Å². The van der Waals surface area contributed by atoms with Crippen molar-refractivity contribution < 1.29 is 8.42 Å². The molecule has 0 heterocycles. The zero-order valence-corrected chi connectivity index (χ0v) is 16.0. The van der Waals surface area contributed by atoms with Gasteiger partial charge in [0, 0.05) is 25.2 Å². The Kier molecular flexibility index (Phi) is 11.1. The third-order valence-corrected chi connectivity index (χ3v) is 5.02. The van der Waals surface area contributed by atoms with E-state index in [0.717, 1.165) is 12.8 Å². The van der Waals surface area contributed by atoms with Gasteiger partial charge in [0.05, 0.1) is 0 Å². The van der Waals surface area contributed by atoms with Gasteiger partial charge in [0.25, 0.3) is 10.2 Å². The van der Waals surface area contributed by atoms with Crippen molar-refractivity contribution in [2.24, 2.45) is 17.6 Å². The Morgan fingerprint density at radius 1 is 1.05 bits per heavy atom. The van der Waals surface area contributed by atoms with Crippen molar-refractivity contribution in [1.29, 1.82) is 0 Å².